The van der Waals surface area contributed by atoms with Gasteiger partial charge in [0.2, 0.25) is 11.1 Å². The van der Waals surface area contributed by atoms with Crippen LogP contribution in [0.25, 0.3) is 11.4 Å². The Balaban J connectivity index is 1.91. The highest BCUT2D eigenvalue weighted by atomic mass is 32.2. The Morgan fingerprint density at radius 3 is 2.35 bits per heavy atom. The Hall–Kier alpha value is -2.10. The number of hydrogen-bond donors (Lipinski definition) is 1. The van der Waals surface area contributed by atoms with E-state index in [-0.39, 0.29) is 11.7 Å². The lowest BCUT2D eigenvalue weighted by molar-refractivity contribution is -0.129. The molecule has 1 aromatic carbocycles. The van der Waals surface area contributed by atoms with Crippen molar-refractivity contribution in [2.45, 2.75) is 5.16 Å². The molecule has 0 spiro atoms. The summed E-state index contributed by atoms with van der Waals surface area (Å²) in [5, 5.41) is 7.59. The average Bonchev–Trinajstić information content (AvgIpc) is 3.15. The second kappa shape index (κ2) is 10.8. The quantitative estimate of drug-likeness (QED) is 0.593. The minimum atomic E-state index is -0.0000949. The first-order valence-electron chi connectivity index (χ1n) is 8.13. The van der Waals surface area contributed by atoms with Crippen LogP contribution in [0, 0.1) is 0 Å². The van der Waals surface area contributed by atoms with E-state index in [2.05, 4.69) is 15.2 Å². The van der Waals surface area contributed by atoms with Crippen LogP contribution in [0.5, 0.6) is 5.75 Å². The van der Waals surface area contributed by atoms with Gasteiger partial charge in [0.15, 0.2) is 5.82 Å². The molecule has 142 valence electrons. The SMILES string of the molecule is COCCN(CCOC)C(=O)CSc1n[nH]c(-c2ccc(OC)cc2)n1. The highest BCUT2D eigenvalue weighted by molar-refractivity contribution is 7.99. The van der Waals surface area contributed by atoms with Crippen molar-refractivity contribution in [3.63, 3.8) is 0 Å². The molecule has 8 nitrogen and oxygen atoms in total. The Morgan fingerprint density at radius 1 is 1.12 bits per heavy atom. The first-order chi connectivity index (χ1) is 12.7. The smallest absolute Gasteiger partial charge is 0.233 e. The van der Waals surface area contributed by atoms with Crippen molar-refractivity contribution in [3.8, 4) is 17.1 Å². The normalized spacial score (nSPS) is 10.7. The molecular formula is C17H24N4O4S. The Morgan fingerprint density at radius 2 is 1.77 bits per heavy atom. The first-order valence-corrected chi connectivity index (χ1v) is 9.11. The van der Waals surface area contributed by atoms with Crippen LogP contribution in [-0.4, -0.2) is 79.4 Å². The van der Waals surface area contributed by atoms with E-state index in [1.807, 2.05) is 24.3 Å². The van der Waals surface area contributed by atoms with Crippen molar-refractivity contribution < 1.29 is 19.0 Å². The third-order valence-electron chi connectivity index (χ3n) is 3.64. The number of ether oxygens (including phenoxy) is 3. The average molecular weight is 380 g/mol. The molecule has 1 heterocycles. The molecule has 0 aliphatic rings. The number of methoxy groups -OCH3 is 3. The van der Waals surface area contributed by atoms with Crippen LogP contribution in [0.1, 0.15) is 0 Å². The number of rotatable bonds is 11. The van der Waals surface area contributed by atoms with E-state index in [0.29, 0.717) is 37.3 Å². The summed E-state index contributed by atoms with van der Waals surface area (Å²) < 4.78 is 15.3. The molecule has 1 amide bonds. The molecule has 26 heavy (non-hydrogen) atoms. The summed E-state index contributed by atoms with van der Waals surface area (Å²) in [4.78, 5) is 18.5. The number of nitrogens with one attached hydrogen (secondary N) is 1. The van der Waals surface area contributed by atoms with Crippen LogP contribution in [0.4, 0.5) is 0 Å². The second-order valence-electron chi connectivity index (χ2n) is 5.35. The van der Waals surface area contributed by atoms with E-state index < -0.39 is 0 Å². The maximum Gasteiger partial charge on any atom is 0.233 e. The number of hydrogen-bond acceptors (Lipinski definition) is 7. The topological polar surface area (TPSA) is 89.6 Å². The zero-order valence-electron chi connectivity index (χ0n) is 15.2. The monoisotopic (exact) mass is 380 g/mol. The lowest BCUT2D eigenvalue weighted by Gasteiger charge is -2.21. The molecule has 1 N–H and O–H groups in total. The summed E-state index contributed by atoms with van der Waals surface area (Å²) in [7, 11) is 4.85. The number of nitrogens with zero attached hydrogens (tertiary/aromatic N) is 3. The summed E-state index contributed by atoms with van der Waals surface area (Å²) in [5.41, 5.74) is 0.901. The summed E-state index contributed by atoms with van der Waals surface area (Å²) in [5.74, 6) is 1.69. The van der Waals surface area contributed by atoms with Gasteiger partial charge in [0.1, 0.15) is 5.75 Å². The Labute approximate surface area is 157 Å². The van der Waals surface area contributed by atoms with E-state index in [1.165, 1.54) is 11.8 Å². The molecular weight excluding hydrogens is 356 g/mol. The fourth-order valence-electron chi connectivity index (χ4n) is 2.17. The van der Waals surface area contributed by atoms with E-state index in [9.17, 15) is 4.79 Å². The fourth-order valence-corrected chi connectivity index (χ4v) is 2.87. The van der Waals surface area contributed by atoms with Crippen molar-refractivity contribution in [1.29, 1.82) is 0 Å². The Bertz CT molecular complexity index is 670. The molecule has 2 rings (SSSR count). The maximum absolute atomic E-state index is 12.4. The number of benzene rings is 1. The van der Waals surface area contributed by atoms with Crippen molar-refractivity contribution in [2.24, 2.45) is 0 Å². The predicted molar refractivity (Wildman–Crippen MR) is 99.4 cm³/mol. The van der Waals surface area contributed by atoms with Crippen LogP contribution in [0.2, 0.25) is 0 Å². The van der Waals surface area contributed by atoms with Crippen LogP contribution >= 0.6 is 11.8 Å². The molecule has 0 radical (unpaired) electrons. The summed E-state index contributed by atoms with van der Waals surface area (Å²) in [6.45, 7) is 2.04. The molecule has 0 unspecified atom stereocenters. The lowest BCUT2D eigenvalue weighted by atomic mass is 10.2. The van der Waals surface area contributed by atoms with Crippen molar-refractivity contribution in [3.05, 3.63) is 24.3 Å². The number of aromatic nitrogens is 3. The molecule has 0 aliphatic heterocycles. The summed E-state index contributed by atoms with van der Waals surface area (Å²) >= 11 is 1.30. The summed E-state index contributed by atoms with van der Waals surface area (Å²) in [6.07, 6.45) is 0. The molecule has 9 heteroatoms. The highest BCUT2D eigenvalue weighted by Gasteiger charge is 2.15. The predicted octanol–water partition coefficient (Wildman–Crippen LogP) is 1.69. The van der Waals surface area contributed by atoms with Gasteiger partial charge in [-0.15, -0.1) is 5.10 Å². The third-order valence-corrected chi connectivity index (χ3v) is 4.47. The van der Waals surface area contributed by atoms with Gasteiger partial charge in [0.25, 0.3) is 0 Å². The molecule has 1 aromatic heterocycles. The van der Waals surface area contributed by atoms with Gasteiger partial charge in [-0.25, -0.2) is 4.98 Å². The summed E-state index contributed by atoms with van der Waals surface area (Å²) in [6, 6.07) is 7.52. The molecule has 2 aromatic rings. The third kappa shape index (κ3) is 6.01. The van der Waals surface area contributed by atoms with Gasteiger partial charge in [-0.2, -0.15) is 0 Å². The zero-order chi connectivity index (χ0) is 18.8. The van der Waals surface area contributed by atoms with Crippen molar-refractivity contribution >= 4 is 17.7 Å². The fraction of sp³-hybridized carbons (Fsp3) is 0.471. The molecule has 0 aliphatic carbocycles. The van der Waals surface area contributed by atoms with Gasteiger partial charge in [-0.3, -0.25) is 9.89 Å². The van der Waals surface area contributed by atoms with Gasteiger partial charge in [-0.05, 0) is 24.3 Å². The standard InChI is InChI=1S/C17H24N4O4S/c1-23-10-8-21(9-11-24-2)15(22)12-26-17-18-16(19-20-17)13-4-6-14(25-3)7-5-13/h4-7H,8-12H2,1-3H3,(H,18,19,20). The zero-order valence-corrected chi connectivity index (χ0v) is 16.0. The number of carbonyl (C=O) groups excluding carboxylic acids is 1. The van der Waals surface area contributed by atoms with Gasteiger partial charge in [0.05, 0.1) is 26.1 Å². The van der Waals surface area contributed by atoms with E-state index in [1.54, 1.807) is 26.2 Å². The molecule has 0 fully saturated rings. The lowest BCUT2D eigenvalue weighted by Crippen LogP contribution is -2.37. The number of aromatic amines is 1. The van der Waals surface area contributed by atoms with Gasteiger partial charge < -0.3 is 19.1 Å². The molecule has 0 atom stereocenters. The second-order valence-corrected chi connectivity index (χ2v) is 6.29. The van der Waals surface area contributed by atoms with Crippen LogP contribution in [-0.2, 0) is 14.3 Å². The van der Waals surface area contributed by atoms with Gasteiger partial charge in [-0.1, -0.05) is 11.8 Å². The minimum Gasteiger partial charge on any atom is -0.497 e. The number of thioether (sulfide) groups is 1. The molecule has 0 bridgehead atoms. The van der Waals surface area contributed by atoms with Crippen LogP contribution < -0.4 is 4.74 Å². The van der Waals surface area contributed by atoms with Gasteiger partial charge in [0, 0.05) is 32.9 Å². The van der Waals surface area contributed by atoms with Crippen LogP contribution in [0.3, 0.4) is 0 Å². The molecule has 0 saturated carbocycles. The molecule has 0 saturated heterocycles. The Kier molecular flexibility index (Phi) is 8.39. The number of carbonyl (C=O) groups is 1. The number of amides is 1. The van der Waals surface area contributed by atoms with Crippen molar-refractivity contribution in [2.75, 3.05) is 53.4 Å². The highest BCUT2D eigenvalue weighted by Crippen LogP contribution is 2.21. The van der Waals surface area contributed by atoms with E-state index >= 15 is 0 Å². The van der Waals surface area contributed by atoms with E-state index in [4.69, 9.17) is 14.2 Å². The van der Waals surface area contributed by atoms with E-state index in [0.717, 1.165) is 11.3 Å². The number of H-pyrrole nitrogens is 1. The van der Waals surface area contributed by atoms with Crippen molar-refractivity contribution in [1.82, 2.24) is 20.1 Å². The largest absolute Gasteiger partial charge is 0.497 e. The maximum atomic E-state index is 12.4. The first kappa shape index (κ1) is 20.2. The minimum absolute atomic E-state index is 0.0000949. The van der Waals surface area contributed by atoms with Gasteiger partial charge >= 0.3 is 0 Å². The van der Waals surface area contributed by atoms with Crippen LogP contribution in [0.15, 0.2) is 29.4 Å².